The summed E-state index contributed by atoms with van der Waals surface area (Å²) >= 11 is 0. The predicted octanol–water partition coefficient (Wildman–Crippen LogP) is 3.63. The number of carbonyl (C=O) groups is 2. The van der Waals surface area contributed by atoms with Crippen molar-refractivity contribution in [3.05, 3.63) is 64.5 Å². The molecule has 1 aromatic carbocycles. The molecule has 0 saturated carbocycles. The largest absolute Gasteiger partial charge is 0.444 e. The molecule has 2 aromatic rings. The van der Waals surface area contributed by atoms with Gasteiger partial charge in [-0.15, -0.1) is 0 Å². The molecular weight excluding hydrogens is 380 g/mol. The molecule has 0 radical (unpaired) electrons. The van der Waals surface area contributed by atoms with Gasteiger partial charge >= 0.3 is 6.09 Å². The van der Waals surface area contributed by atoms with E-state index in [1.54, 1.807) is 13.1 Å². The van der Waals surface area contributed by atoms with Gasteiger partial charge in [-0.1, -0.05) is 18.2 Å². The monoisotopic (exact) mass is 412 g/mol. The molecule has 3 N–H and O–H groups in total. The molecular formula is C23H32N4O3. The second-order valence-corrected chi connectivity index (χ2v) is 8.21. The minimum Gasteiger partial charge on any atom is -0.444 e. The van der Waals surface area contributed by atoms with E-state index in [2.05, 4.69) is 27.9 Å². The zero-order valence-electron chi connectivity index (χ0n) is 18.6. The van der Waals surface area contributed by atoms with Gasteiger partial charge in [0.25, 0.3) is 5.91 Å². The molecule has 7 heteroatoms. The summed E-state index contributed by atoms with van der Waals surface area (Å²) in [5, 5.41) is 8.84. The number of hydrogen-bond acceptors (Lipinski definition) is 5. The first-order valence-electron chi connectivity index (χ1n) is 10.1. The second kappa shape index (κ2) is 10.2. The van der Waals surface area contributed by atoms with Crippen LogP contribution in [0, 0.1) is 6.92 Å². The Hall–Kier alpha value is -2.93. The summed E-state index contributed by atoms with van der Waals surface area (Å²) in [4.78, 5) is 28.2. The van der Waals surface area contributed by atoms with Crippen molar-refractivity contribution in [3.8, 4) is 0 Å². The summed E-state index contributed by atoms with van der Waals surface area (Å²) in [5.74, 6) is -0.0967. The van der Waals surface area contributed by atoms with E-state index in [0.717, 1.165) is 22.5 Å². The van der Waals surface area contributed by atoms with Crippen molar-refractivity contribution in [2.75, 3.05) is 7.05 Å². The number of nitrogens with one attached hydrogen (secondary N) is 3. The number of aromatic nitrogens is 1. The van der Waals surface area contributed by atoms with Crippen LogP contribution in [0.3, 0.4) is 0 Å². The highest BCUT2D eigenvalue weighted by molar-refractivity contribution is 5.94. The lowest BCUT2D eigenvalue weighted by atomic mass is 10.1. The predicted molar refractivity (Wildman–Crippen MR) is 117 cm³/mol. The van der Waals surface area contributed by atoms with E-state index >= 15 is 0 Å². The Balaban J connectivity index is 1.94. The first-order chi connectivity index (χ1) is 14.1. The van der Waals surface area contributed by atoms with Crippen LogP contribution in [0.15, 0.2) is 36.4 Å². The third kappa shape index (κ3) is 7.15. The number of pyridine rings is 1. The Morgan fingerprint density at radius 2 is 1.87 bits per heavy atom. The van der Waals surface area contributed by atoms with Gasteiger partial charge in [-0.2, -0.15) is 0 Å². The van der Waals surface area contributed by atoms with Crippen LogP contribution in [-0.2, 0) is 17.8 Å². The molecule has 1 heterocycles. The molecule has 0 spiro atoms. The Morgan fingerprint density at radius 1 is 1.13 bits per heavy atom. The third-order valence-corrected chi connectivity index (χ3v) is 4.49. The number of aryl methyl sites for hydroxylation is 1. The maximum Gasteiger partial charge on any atom is 0.407 e. The number of amides is 2. The van der Waals surface area contributed by atoms with Crippen molar-refractivity contribution in [2.45, 2.75) is 59.4 Å². The Labute approximate surface area is 178 Å². The Bertz CT molecular complexity index is 890. The molecule has 0 saturated heterocycles. The normalized spacial score (nSPS) is 12.2. The molecule has 0 aliphatic heterocycles. The third-order valence-electron chi connectivity index (χ3n) is 4.49. The Morgan fingerprint density at radius 3 is 2.50 bits per heavy atom. The highest BCUT2D eigenvalue weighted by Gasteiger charge is 2.16. The molecule has 0 aliphatic carbocycles. The molecule has 1 unspecified atom stereocenters. The second-order valence-electron chi connectivity index (χ2n) is 8.21. The van der Waals surface area contributed by atoms with Gasteiger partial charge < -0.3 is 20.7 Å². The van der Waals surface area contributed by atoms with E-state index in [4.69, 9.17) is 4.74 Å². The van der Waals surface area contributed by atoms with Gasteiger partial charge in [0.1, 0.15) is 5.60 Å². The summed E-state index contributed by atoms with van der Waals surface area (Å²) in [6, 6.07) is 11.6. The number of carbonyl (C=O) groups excluding carboxylic acids is 2. The van der Waals surface area contributed by atoms with Crippen molar-refractivity contribution in [1.82, 2.24) is 20.9 Å². The average molecular weight is 413 g/mol. The molecule has 0 aliphatic rings. The summed E-state index contributed by atoms with van der Waals surface area (Å²) in [5.41, 5.74) is 3.90. The molecule has 1 atom stereocenters. The summed E-state index contributed by atoms with van der Waals surface area (Å²) in [6.45, 7) is 10.5. The average Bonchev–Trinajstić information content (AvgIpc) is 2.69. The molecule has 7 nitrogen and oxygen atoms in total. The number of benzene rings is 1. The zero-order valence-corrected chi connectivity index (χ0v) is 18.6. The van der Waals surface area contributed by atoms with Crippen LogP contribution in [0.2, 0.25) is 0 Å². The van der Waals surface area contributed by atoms with E-state index in [0.29, 0.717) is 18.7 Å². The molecule has 162 valence electrons. The fourth-order valence-electron chi connectivity index (χ4n) is 3.00. The summed E-state index contributed by atoms with van der Waals surface area (Å²) in [6.07, 6.45) is -0.458. The topological polar surface area (TPSA) is 92.4 Å². The molecule has 2 rings (SSSR count). The fraction of sp³-hybridized carbons (Fsp3) is 0.435. The minimum absolute atomic E-state index is 0.0778. The number of alkyl carbamates (subject to hydrolysis) is 1. The van der Waals surface area contributed by atoms with Gasteiger partial charge in [0.05, 0.1) is 12.2 Å². The van der Waals surface area contributed by atoms with Crippen LogP contribution in [0.25, 0.3) is 0 Å². The number of rotatable bonds is 7. The van der Waals surface area contributed by atoms with Crippen molar-refractivity contribution < 1.29 is 14.3 Å². The minimum atomic E-state index is -0.530. The highest BCUT2D eigenvalue weighted by atomic mass is 16.6. The molecule has 0 bridgehead atoms. The summed E-state index contributed by atoms with van der Waals surface area (Å²) < 4.78 is 5.24. The van der Waals surface area contributed by atoms with Crippen LogP contribution in [0.4, 0.5) is 4.79 Å². The van der Waals surface area contributed by atoms with Crippen LogP contribution >= 0.6 is 0 Å². The van der Waals surface area contributed by atoms with Gasteiger partial charge in [-0.3, -0.25) is 9.78 Å². The number of nitrogens with zero attached hydrogens (tertiary/aromatic N) is 1. The van der Waals surface area contributed by atoms with Gasteiger partial charge in [0, 0.05) is 30.9 Å². The molecule has 30 heavy (non-hydrogen) atoms. The van der Waals surface area contributed by atoms with Crippen LogP contribution < -0.4 is 16.0 Å². The van der Waals surface area contributed by atoms with Crippen LogP contribution in [0.1, 0.15) is 66.6 Å². The molecule has 2 amide bonds. The lowest BCUT2D eigenvalue weighted by Gasteiger charge is -2.20. The van der Waals surface area contributed by atoms with Gasteiger partial charge in [-0.25, -0.2) is 4.79 Å². The van der Waals surface area contributed by atoms with Crippen LogP contribution in [-0.4, -0.2) is 29.6 Å². The van der Waals surface area contributed by atoms with Gasteiger partial charge in [0.15, 0.2) is 0 Å². The standard InChI is InChI=1S/C23H32N4O3/c1-15(25-13-17-8-7-9-18(12-17)21(28)24-6)20-11-10-19(27-16(20)2)14-26-22(29)30-23(3,4)5/h7-12,15,25H,13-14H2,1-6H3,(H,24,28)(H,26,29). The van der Waals surface area contributed by atoms with E-state index < -0.39 is 11.7 Å². The smallest absolute Gasteiger partial charge is 0.407 e. The lowest BCUT2D eigenvalue weighted by Crippen LogP contribution is -2.32. The maximum atomic E-state index is 11.8. The fourth-order valence-corrected chi connectivity index (χ4v) is 3.00. The van der Waals surface area contributed by atoms with E-state index in [1.807, 2.05) is 58.0 Å². The van der Waals surface area contributed by atoms with Crippen molar-refractivity contribution in [2.24, 2.45) is 0 Å². The maximum absolute atomic E-state index is 11.8. The first-order valence-corrected chi connectivity index (χ1v) is 10.1. The lowest BCUT2D eigenvalue weighted by molar-refractivity contribution is 0.0522. The zero-order chi connectivity index (χ0) is 22.3. The van der Waals surface area contributed by atoms with Crippen molar-refractivity contribution in [3.63, 3.8) is 0 Å². The van der Waals surface area contributed by atoms with Crippen molar-refractivity contribution >= 4 is 12.0 Å². The number of ether oxygens (including phenoxy) is 1. The molecule has 1 aromatic heterocycles. The van der Waals surface area contributed by atoms with E-state index in [9.17, 15) is 9.59 Å². The van der Waals surface area contributed by atoms with Gasteiger partial charge in [0.2, 0.25) is 0 Å². The summed E-state index contributed by atoms with van der Waals surface area (Å²) in [7, 11) is 1.62. The molecule has 0 fully saturated rings. The van der Waals surface area contributed by atoms with Crippen molar-refractivity contribution in [1.29, 1.82) is 0 Å². The SMILES string of the molecule is CNC(=O)c1cccc(CNC(C)c2ccc(CNC(=O)OC(C)(C)C)nc2C)c1. The highest BCUT2D eigenvalue weighted by Crippen LogP contribution is 2.17. The quantitative estimate of drug-likeness (QED) is 0.646. The van der Waals surface area contributed by atoms with Gasteiger partial charge in [-0.05, 0) is 63.9 Å². The van der Waals surface area contributed by atoms with E-state index in [-0.39, 0.29) is 11.9 Å². The van der Waals surface area contributed by atoms with E-state index in [1.165, 1.54) is 0 Å². The first kappa shape index (κ1) is 23.3. The Kier molecular flexibility index (Phi) is 7.94. The number of hydrogen-bond donors (Lipinski definition) is 3. The van der Waals surface area contributed by atoms with Crippen LogP contribution in [0.5, 0.6) is 0 Å².